The van der Waals surface area contributed by atoms with E-state index < -0.39 is 0 Å². The van der Waals surface area contributed by atoms with Gasteiger partial charge in [0.1, 0.15) is 11.6 Å². The summed E-state index contributed by atoms with van der Waals surface area (Å²) < 4.78 is 18.9. The van der Waals surface area contributed by atoms with E-state index in [1.54, 1.807) is 12.1 Å². The molecule has 1 heterocycles. The van der Waals surface area contributed by atoms with Gasteiger partial charge in [-0.1, -0.05) is 13.0 Å². The molecule has 3 nitrogen and oxygen atoms in total. The third-order valence-electron chi connectivity index (χ3n) is 3.96. The van der Waals surface area contributed by atoms with Gasteiger partial charge < -0.3 is 9.84 Å². The largest absolute Gasteiger partial charge is 0.497 e. The Bertz CT molecular complexity index is 425. The molecule has 0 amide bonds. The zero-order valence-electron chi connectivity index (χ0n) is 11.6. The molecule has 0 saturated carbocycles. The summed E-state index contributed by atoms with van der Waals surface area (Å²) in [5, 5.41) is 9.86. The Morgan fingerprint density at radius 2 is 2.26 bits per heavy atom. The first kappa shape index (κ1) is 14.3. The second kappa shape index (κ2) is 6.35. The first-order chi connectivity index (χ1) is 9.13. The van der Waals surface area contributed by atoms with Gasteiger partial charge in [0.25, 0.3) is 0 Å². The van der Waals surface area contributed by atoms with Crippen molar-refractivity contribution in [1.82, 2.24) is 4.90 Å². The third kappa shape index (κ3) is 3.45. The molecule has 1 aromatic carbocycles. The summed E-state index contributed by atoms with van der Waals surface area (Å²) in [6, 6.07) is 4.99. The molecule has 2 atom stereocenters. The second-order valence-corrected chi connectivity index (χ2v) is 5.22. The van der Waals surface area contributed by atoms with Crippen molar-refractivity contribution in [3.05, 3.63) is 29.6 Å². The summed E-state index contributed by atoms with van der Waals surface area (Å²) in [6.45, 7) is 4.34. The highest BCUT2D eigenvalue weighted by Crippen LogP contribution is 2.23. The minimum Gasteiger partial charge on any atom is -0.497 e. The average Bonchev–Trinajstić information content (AvgIpc) is 2.43. The number of methoxy groups -OCH3 is 1. The SMILES string of the molecule is CCC1CN(Cc2ccc(OC)cc2F)CCC1O. The van der Waals surface area contributed by atoms with Crippen molar-refractivity contribution in [3.63, 3.8) is 0 Å². The molecule has 1 aromatic rings. The van der Waals surface area contributed by atoms with Crippen LogP contribution in [-0.4, -0.2) is 36.3 Å². The fourth-order valence-electron chi connectivity index (χ4n) is 2.66. The molecule has 2 unspecified atom stereocenters. The number of hydrogen-bond donors (Lipinski definition) is 1. The Morgan fingerprint density at radius 3 is 2.89 bits per heavy atom. The zero-order valence-corrected chi connectivity index (χ0v) is 11.6. The molecular formula is C15H22FNO2. The van der Waals surface area contributed by atoms with Crippen molar-refractivity contribution in [2.75, 3.05) is 20.2 Å². The first-order valence-electron chi connectivity index (χ1n) is 6.87. The lowest BCUT2D eigenvalue weighted by molar-refractivity contribution is 0.0218. The van der Waals surface area contributed by atoms with Crippen LogP contribution < -0.4 is 4.74 Å². The van der Waals surface area contributed by atoms with Gasteiger partial charge in [-0.25, -0.2) is 4.39 Å². The summed E-state index contributed by atoms with van der Waals surface area (Å²) in [5.74, 6) is 0.621. The molecular weight excluding hydrogens is 245 g/mol. The third-order valence-corrected chi connectivity index (χ3v) is 3.96. The van der Waals surface area contributed by atoms with E-state index in [1.807, 2.05) is 0 Å². The van der Waals surface area contributed by atoms with Gasteiger partial charge in [-0.3, -0.25) is 4.90 Å². The Kier molecular flexibility index (Phi) is 4.77. The Morgan fingerprint density at radius 1 is 1.47 bits per heavy atom. The van der Waals surface area contributed by atoms with Crippen LogP contribution in [0.1, 0.15) is 25.3 Å². The van der Waals surface area contributed by atoms with Gasteiger partial charge >= 0.3 is 0 Å². The predicted octanol–water partition coefficient (Wildman–Crippen LogP) is 2.43. The average molecular weight is 267 g/mol. The standard InChI is InChI=1S/C15H22FNO2/c1-3-11-9-17(7-6-15(11)18)10-12-4-5-13(19-2)8-14(12)16/h4-5,8,11,15,18H,3,6-7,9-10H2,1-2H3. The van der Waals surface area contributed by atoms with Gasteiger partial charge in [-0.05, 0) is 24.8 Å². The van der Waals surface area contributed by atoms with Crippen molar-refractivity contribution in [2.45, 2.75) is 32.4 Å². The Labute approximate surface area is 114 Å². The van der Waals surface area contributed by atoms with Crippen LogP contribution in [0.5, 0.6) is 5.75 Å². The Balaban J connectivity index is 2.01. The maximum atomic E-state index is 13.9. The van der Waals surface area contributed by atoms with Crippen molar-refractivity contribution < 1.29 is 14.2 Å². The summed E-state index contributed by atoms with van der Waals surface area (Å²) in [6.07, 6.45) is 1.53. The summed E-state index contributed by atoms with van der Waals surface area (Å²) in [7, 11) is 1.53. The summed E-state index contributed by atoms with van der Waals surface area (Å²) >= 11 is 0. The molecule has 4 heteroatoms. The van der Waals surface area contributed by atoms with Gasteiger partial charge in [-0.15, -0.1) is 0 Å². The molecule has 0 aromatic heterocycles. The van der Waals surface area contributed by atoms with Crippen molar-refractivity contribution in [1.29, 1.82) is 0 Å². The van der Waals surface area contributed by atoms with Crippen LogP contribution >= 0.6 is 0 Å². The van der Waals surface area contributed by atoms with E-state index in [0.717, 1.165) is 25.9 Å². The molecule has 0 spiro atoms. The van der Waals surface area contributed by atoms with Crippen LogP contribution in [0.3, 0.4) is 0 Å². The number of ether oxygens (including phenoxy) is 1. The lowest BCUT2D eigenvalue weighted by Crippen LogP contribution is -2.42. The van der Waals surface area contributed by atoms with Crippen molar-refractivity contribution in [3.8, 4) is 5.75 Å². The van der Waals surface area contributed by atoms with Crippen LogP contribution in [0.25, 0.3) is 0 Å². The van der Waals surface area contributed by atoms with E-state index in [9.17, 15) is 9.50 Å². The zero-order chi connectivity index (χ0) is 13.8. The molecule has 1 fully saturated rings. The van der Waals surface area contributed by atoms with Gasteiger partial charge in [0.05, 0.1) is 13.2 Å². The van der Waals surface area contributed by atoms with Crippen molar-refractivity contribution in [2.24, 2.45) is 5.92 Å². The van der Waals surface area contributed by atoms with Gasteiger partial charge in [0, 0.05) is 31.3 Å². The minimum atomic E-state index is -0.224. The number of rotatable bonds is 4. The number of aliphatic hydroxyl groups is 1. The van der Waals surface area contributed by atoms with E-state index in [-0.39, 0.29) is 11.9 Å². The fourth-order valence-corrected chi connectivity index (χ4v) is 2.66. The minimum absolute atomic E-state index is 0.207. The number of hydrogen-bond acceptors (Lipinski definition) is 3. The molecule has 1 N–H and O–H groups in total. The molecule has 0 bridgehead atoms. The Hall–Kier alpha value is -1.13. The molecule has 19 heavy (non-hydrogen) atoms. The van der Waals surface area contributed by atoms with Gasteiger partial charge in [-0.2, -0.15) is 0 Å². The van der Waals surface area contributed by atoms with Gasteiger partial charge in [0.2, 0.25) is 0 Å². The molecule has 1 saturated heterocycles. The number of nitrogens with zero attached hydrogens (tertiary/aromatic N) is 1. The fraction of sp³-hybridized carbons (Fsp3) is 0.600. The van der Waals surface area contributed by atoms with E-state index in [2.05, 4.69) is 11.8 Å². The molecule has 0 radical (unpaired) electrons. The smallest absolute Gasteiger partial charge is 0.131 e. The van der Waals surface area contributed by atoms with E-state index >= 15 is 0 Å². The van der Waals surface area contributed by atoms with Crippen LogP contribution in [0.15, 0.2) is 18.2 Å². The quantitative estimate of drug-likeness (QED) is 0.909. The maximum Gasteiger partial charge on any atom is 0.131 e. The monoisotopic (exact) mass is 267 g/mol. The number of benzene rings is 1. The highest BCUT2D eigenvalue weighted by Gasteiger charge is 2.26. The lowest BCUT2D eigenvalue weighted by Gasteiger charge is -2.35. The van der Waals surface area contributed by atoms with E-state index in [0.29, 0.717) is 23.8 Å². The predicted molar refractivity (Wildman–Crippen MR) is 72.6 cm³/mol. The second-order valence-electron chi connectivity index (χ2n) is 5.22. The molecule has 2 rings (SSSR count). The maximum absolute atomic E-state index is 13.9. The van der Waals surface area contributed by atoms with E-state index in [1.165, 1.54) is 13.2 Å². The van der Waals surface area contributed by atoms with E-state index in [4.69, 9.17) is 4.74 Å². The van der Waals surface area contributed by atoms with Gasteiger partial charge in [0.15, 0.2) is 0 Å². The number of piperidine rings is 1. The van der Waals surface area contributed by atoms with Crippen LogP contribution in [0.2, 0.25) is 0 Å². The molecule has 1 aliphatic rings. The number of aliphatic hydroxyl groups excluding tert-OH is 1. The topological polar surface area (TPSA) is 32.7 Å². The van der Waals surface area contributed by atoms with Crippen LogP contribution in [0.4, 0.5) is 4.39 Å². The molecule has 0 aliphatic carbocycles. The van der Waals surface area contributed by atoms with Crippen LogP contribution in [-0.2, 0) is 6.54 Å². The molecule has 1 aliphatic heterocycles. The van der Waals surface area contributed by atoms with Crippen LogP contribution in [0, 0.1) is 11.7 Å². The number of likely N-dealkylation sites (tertiary alicyclic amines) is 1. The normalized spacial score (nSPS) is 24.4. The summed E-state index contributed by atoms with van der Waals surface area (Å²) in [4.78, 5) is 2.21. The lowest BCUT2D eigenvalue weighted by atomic mass is 9.92. The first-order valence-corrected chi connectivity index (χ1v) is 6.87. The highest BCUT2D eigenvalue weighted by atomic mass is 19.1. The number of halogens is 1. The highest BCUT2D eigenvalue weighted by molar-refractivity contribution is 5.28. The molecule has 106 valence electrons. The summed E-state index contributed by atoms with van der Waals surface area (Å²) in [5.41, 5.74) is 0.687. The van der Waals surface area contributed by atoms with Crippen molar-refractivity contribution >= 4 is 0 Å².